The average molecular weight is 690 g/mol. The number of hydrogen-bond acceptors (Lipinski definition) is 1. The second-order valence-electron chi connectivity index (χ2n) is 14.9. The van der Waals surface area contributed by atoms with E-state index in [1.54, 1.807) is 0 Å². The highest BCUT2D eigenvalue weighted by Crippen LogP contribution is 2.54. The van der Waals surface area contributed by atoms with E-state index in [9.17, 15) is 0 Å². The Morgan fingerprint density at radius 2 is 0.907 bits per heavy atom. The third-order valence-electron chi connectivity index (χ3n) is 11.4. The SMILES string of the molecule is CC1(C)c2cc(N(c3ccccc3)c3cccc(-c4cc5ccccc5cc4-c4cccc5ccccc45)c3)ccc2-c2c(-c3ccccc3)cccc21. The Morgan fingerprint density at radius 1 is 0.333 bits per heavy atom. The van der Waals surface area contributed by atoms with Gasteiger partial charge in [-0.2, -0.15) is 0 Å². The van der Waals surface area contributed by atoms with Crippen molar-refractivity contribution in [3.63, 3.8) is 0 Å². The molecule has 0 N–H and O–H groups in total. The van der Waals surface area contributed by atoms with Crippen LogP contribution in [0.4, 0.5) is 17.1 Å². The molecule has 0 atom stereocenters. The number of hydrogen-bond donors (Lipinski definition) is 0. The van der Waals surface area contributed by atoms with Gasteiger partial charge in [0.15, 0.2) is 0 Å². The molecule has 0 amide bonds. The van der Waals surface area contributed by atoms with Crippen LogP contribution in [0.1, 0.15) is 25.0 Å². The maximum absolute atomic E-state index is 2.43. The van der Waals surface area contributed by atoms with Gasteiger partial charge in [0.1, 0.15) is 0 Å². The molecule has 1 nitrogen and oxygen atoms in total. The van der Waals surface area contributed by atoms with Crippen LogP contribution in [0.5, 0.6) is 0 Å². The summed E-state index contributed by atoms with van der Waals surface area (Å²) in [5.74, 6) is 0. The number of nitrogens with zero attached hydrogens (tertiary/aromatic N) is 1. The fourth-order valence-corrected chi connectivity index (χ4v) is 8.77. The van der Waals surface area contributed by atoms with Gasteiger partial charge >= 0.3 is 0 Å². The molecule has 0 heterocycles. The van der Waals surface area contributed by atoms with Crippen LogP contribution in [0.3, 0.4) is 0 Å². The van der Waals surface area contributed by atoms with E-state index in [1.165, 1.54) is 77.2 Å². The summed E-state index contributed by atoms with van der Waals surface area (Å²) in [6, 6.07) is 73.4. The minimum Gasteiger partial charge on any atom is -0.310 e. The van der Waals surface area contributed by atoms with Crippen molar-refractivity contribution < 1.29 is 0 Å². The maximum Gasteiger partial charge on any atom is 0.0467 e. The maximum atomic E-state index is 2.43. The standard InChI is InChI=1S/C53H39N/c1-53(2)50-29-15-27-45(37-16-5-3-6-17-37)52(50)47-31-30-43(35-51(47)53)54(41-23-7-4-8-24-41)42-25-13-22-40(32-42)48-33-38-19-9-10-20-39(38)34-49(48)46-28-14-21-36-18-11-12-26-44(36)46/h3-35H,1-2H3. The second-order valence-corrected chi connectivity index (χ2v) is 14.9. The van der Waals surface area contributed by atoms with E-state index in [-0.39, 0.29) is 5.41 Å². The molecule has 1 aliphatic carbocycles. The van der Waals surface area contributed by atoms with Crippen molar-refractivity contribution in [3.05, 3.63) is 211 Å². The molecular formula is C53H39N. The molecule has 0 saturated heterocycles. The van der Waals surface area contributed by atoms with Gasteiger partial charge in [-0.3, -0.25) is 0 Å². The van der Waals surface area contributed by atoms with Gasteiger partial charge in [-0.25, -0.2) is 0 Å². The third kappa shape index (κ3) is 5.24. The summed E-state index contributed by atoms with van der Waals surface area (Å²) in [4.78, 5) is 2.42. The fraction of sp³-hybridized carbons (Fsp3) is 0.0566. The predicted molar refractivity (Wildman–Crippen MR) is 230 cm³/mol. The van der Waals surface area contributed by atoms with Crippen molar-refractivity contribution in [2.24, 2.45) is 0 Å². The summed E-state index contributed by atoms with van der Waals surface area (Å²) in [5.41, 5.74) is 16.0. The minimum absolute atomic E-state index is 0.159. The minimum atomic E-state index is -0.159. The smallest absolute Gasteiger partial charge is 0.0467 e. The van der Waals surface area contributed by atoms with Gasteiger partial charge in [0.05, 0.1) is 0 Å². The van der Waals surface area contributed by atoms with Crippen molar-refractivity contribution in [1.29, 1.82) is 0 Å². The van der Waals surface area contributed by atoms with Crippen LogP contribution in [0.2, 0.25) is 0 Å². The van der Waals surface area contributed by atoms with Gasteiger partial charge in [0, 0.05) is 22.5 Å². The Hall–Kier alpha value is -6.70. The molecule has 0 spiro atoms. The van der Waals surface area contributed by atoms with Gasteiger partial charge < -0.3 is 4.90 Å². The molecule has 0 radical (unpaired) electrons. The second kappa shape index (κ2) is 12.8. The highest BCUT2D eigenvalue weighted by molar-refractivity contribution is 6.05. The predicted octanol–water partition coefficient (Wildman–Crippen LogP) is 14.8. The molecule has 0 saturated carbocycles. The zero-order valence-electron chi connectivity index (χ0n) is 30.5. The van der Waals surface area contributed by atoms with Crippen LogP contribution in [0.15, 0.2) is 200 Å². The summed E-state index contributed by atoms with van der Waals surface area (Å²) in [6.07, 6.45) is 0. The lowest BCUT2D eigenvalue weighted by molar-refractivity contribution is 0.660. The van der Waals surface area contributed by atoms with Gasteiger partial charge in [0.25, 0.3) is 0 Å². The first-order valence-corrected chi connectivity index (χ1v) is 18.8. The van der Waals surface area contributed by atoms with E-state index in [0.29, 0.717) is 0 Å². The quantitative estimate of drug-likeness (QED) is 0.168. The Kier molecular flexibility index (Phi) is 7.56. The molecule has 9 aromatic rings. The number of fused-ring (bicyclic) bond motifs is 5. The van der Waals surface area contributed by atoms with Crippen LogP contribution in [0, 0.1) is 0 Å². The fourth-order valence-electron chi connectivity index (χ4n) is 8.77. The molecule has 54 heavy (non-hydrogen) atoms. The molecule has 0 aliphatic heterocycles. The molecule has 0 fully saturated rings. The van der Waals surface area contributed by atoms with Gasteiger partial charge in [-0.15, -0.1) is 0 Å². The number of benzene rings is 9. The largest absolute Gasteiger partial charge is 0.310 e. The van der Waals surface area contributed by atoms with Crippen LogP contribution in [-0.4, -0.2) is 0 Å². The molecule has 10 rings (SSSR count). The first kappa shape index (κ1) is 32.0. The Labute approximate surface area is 317 Å². The average Bonchev–Trinajstić information content (AvgIpc) is 3.46. The number of para-hydroxylation sites is 1. The molecule has 0 bridgehead atoms. The van der Waals surface area contributed by atoms with Crippen molar-refractivity contribution >= 4 is 38.6 Å². The first-order chi connectivity index (χ1) is 26.5. The molecule has 9 aromatic carbocycles. The first-order valence-electron chi connectivity index (χ1n) is 18.8. The van der Waals surface area contributed by atoms with Crippen LogP contribution in [-0.2, 0) is 5.41 Å². The normalized spacial score (nSPS) is 12.8. The Morgan fingerprint density at radius 3 is 1.70 bits per heavy atom. The summed E-state index contributed by atoms with van der Waals surface area (Å²) >= 11 is 0. The lowest BCUT2D eigenvalue weighted by Crippen LogP contribution is -2.16. The lowest BCUT2D eigenvalue weighted by Gasteiger charge is -2.28. The zero-order chi connectivity index (χ0) is 36.2. The van der Waals surface area contributed by atoms with Crippen molar-refractivity contribution in [3.8, 4) is 44.5 Å². The summed E-state index contributed by atoms with van der Waals surface area (Å²) in [6.45, 7) is 4.75. The van der Waals surface area contributed by atoms with Crippen molar-refractivity contribution in [2.75, 3.05) is 4.90 Å². The van der Waals surface area contributed by atoms with Gasteiger partial charge in [0.2, 0.25) is 0 Å². The molecule has 0 aromatic heterocycles. The third-order valence-corrected chi connectivity index (χ3v) is 11.4. The summed E-state index contributed by atoms with van der Waals surface area (Å²) in [7, 11) is 0. The Balaban J connectivity index is 1.15. The van der Waals surface area contributed by atoms with Crippen molar-refractivity contribution in [2.45, 2.75) is 19.3 Å². The molecule has 256 valence electrons. The highest BCUT2D eigenvalue weighted by Gasteiger charge is 2.37. The van der Waals surface area contributed by atoms with E-state index in [1.807, 2.05) is 0 Å². The summed E-state index contributed by atoms with van der Waals surface area (Å²) < 4.78 is 0. The van der Waals surface area contributed by atoms with Crippen LogP contribution >= 0.6 is 0 Å². The topological polar surface area (TPSA) is 3.24 Å². The number of rotatable bonds is 6. The molecule has 1 aliphatic rings. The van der Waals surface area contributed by atoms with Crippen LogP contribution in [0.25, 0.3) is 66.1 Å². The zero-order valence-corrected chi connectivity index (χ0v) is 30.5. The van der Waals surface area contributed by atoms with Crippen molar-refractivity contribution in [1.82, 2.24) is 0 Å². The van der Waals surface area contributed by atoms with Crippen LogP contribution < -0.4 is 4.90 Å². The summed E-state index contributed by atoms with van der Waals surface area (Å²) in [5, 5.41) is 4.98. The molecular weight excluding hydrogens is 651 g/mol. The number of anilines is 3. The lowest BCUT2D eigenvalue weighted by atomic mass is 9.81. The molecule has 1 heteroatoms. The van der Waals surface area contributed by atoms with E-state index in [4.69, 9.17) is 0 Å². The molecule has 0 unspecified atom stereocenters. The van der Waals surface area contributed by atoms with E-state index in [0.717, 1.165) is 17.1 Å². The monoisotopic (exact) mass is 689 g/mol. The van der Waals surface area contributed by atoms with Gasteiger partial charge in [-0.05, 0) is 126 Å². The van der Waals surface area contributed by atoms with E-state index in [2.05, 4.69) is 219 Å². The Bertz CT molecular complexity index is 2840. The highest BCUT2D eigenvalue weighted by atomic mass is 15.1. The van der Waals surface area contributed by atoms with E-state index < -0.39 is 0 Å². The van der Waals surface area contributed by atoms with E-state index >= 15 is 0 Å². The van der Waals surface area contributed by atoms with Gasteiger partial charge in [-0.1, -0.05) is 166 Å².